The fourth-order valence-electron chi connectivity index (χ4n) is 2.69. The number of benzene rings is 2. The molecular formula is C16H14BrFO. The van der Waals surface area contributed by atoms with Crippen molar-refractivity contribution < 1.29 is 9.50 Å². The zero-order valence-electron chi connectivity index (χ0n) is 10.3. The average Bonchev–Trinajstić information content (AvgIpc) is 2.35. The van der Waals surface area contributed by atoms with Crippen LogP contribution in [0.1, 0.15) is 22.6 Å². The summed E-state index contributed by atoms with van der Waals surface area (Å²) in [4.78, 5) is 0. The van der Waals surface area contributed by atoms with E-state index in [9.17, 15) is 9.50 Å². The van der Waals surface area contributed by atoms with Gasteiger partial charge in [0.25, 0.3) is 0 Å². The summed E-state index contributed by atoms with van der Waals surface area (Å²) in [7, 11) is 0. The first kappa shape index (κ1) is 12.8. The minimum Gasteiger partial charge on any atom is -0.392 e. The topological polar surface area (TPSA) is 20.2 Å². The van der Waals surface area contributed by atoms with E-state index >= 15 is 0 Å². The molecule has 2 aromatic rings. The maximum atomic E-state index is 13.2. The van der Waals surface area contributed by atoms with E-state index in [1.165, 1.54) is 17.2 Å². The summed E-state index contributed by atoms with van der Waals surface area (Å²) in [5.74, 6) is -0.0627. The zero-order chi connectivity index (χ0) is 13.4. The fourth-order valence-corrected chi connectivity index (χ4v) is 3.12. The van der Waals surface area contributed by atoms with Gasteiger partial charge in [0.15, 0.2) is 0 Å². The highest BCUT2D eigenvalue weighted by Gasteiger charge is 2.31. The van der Waals surface area contributed by atoms with Crippen LogP contribution in [-0.2, 0) is 12.8 Å². The van der Waals surface area contributed by atoms with Crippen molar-refractivity contribution in [3.8, 4) is 0 Å². The van der Waals surface area contributed by atoms with Gasteiger partial charge in [0.05, 0.1) is 10.6 Å². The summed E-state index contributed by atoms with van der Waals surface area (Å²) in [6.07, 6.45) is 1.07. The Kier molecular flexibility index (Phi) is 3.42. The molecule has 0 aromatic heterocycles. The maximum Gasteiger partial charge on any atom is 0.137 e. The molecule has 0 aliphatic heterocycles. The summed E-state index contributed by atoms with van der Waals surface area (Å²) in [5.41, 5.74) is 3.52. The van der Waals surface area contributed by atoms with Crippen LogP contribution in [0.4, 0.5) is 4.39 Å². The van der Waals surface area contributed by atoms with Crippen molar-refractivity contribution in [3.63, 3.8) is 0 Å². The molecule has 1 aliphatic rings. The molecule has 1 N–H and O–H groups in total. The fraction of sp³-hybridized carbons (Fsp3) is 0.250. The minimum absolute atomic E-state index is 0.208. The largest absolute Gasteiger partial charge is 0.392 e. The smallest absolute Gasteiger partial charge is 0.137 e. The summed E-state index contributed by atoms with van der Waals surface area (Å²) in [6.45, 7) is 0. The van der Waals surface area contributed by atoms with Crippen LogP contribution >= 0.6 is 15.9 Å². The van der Waals surface area contributed by atoms with Gasteiger partial charge in [0.1, 0.15) is 5.82 Å². The van der Waals surface area contributed by atoms with E-state index in [-0.39, 0.29) is 11.7 Å². The molecule has 0 amide bonds. The first-order valence-electron chi connectivity index (χ1n) is 6.35. The molecule has 19 heavy (non-hydrogen) atoms. The highest BCUT2D eigenvalue weighted by Crippen LogP contribution is 2.38. The molecule has 2 atom stereocenters. The van der Waals surface area contributed by atoms with Gasteiger partial charge in [-0.3, -0.25) is 0 Å². The molecule has 0 heterocycles. The Balaban J connectivity index is 1.73. The predicted molar refractivity (Wildman–Crippen MR) is 76.7 cm³/mol. The van der Waals surface area contributed by atoms with E-state index in [0.717, 1.165) is 12.0 Å². The highest BCUT2D eigenvalue weighted by molar-refractivity contribution is 9.10. The number of aliphatic hydroxyl groups is 1. The van der Waals surface area contributed by atoms with Gasteiger partial charge >= 0.3 is 0 Å². The minimum atomic E-state index is -0.410. The van der Waals surface area contributed by atoms with Crippen LogP contribution in [0.3, 0.4) is 0 Å². The lowest BCUT2D eigenvalue weighted by atomic mass is 9.73. The molecule has 0 saturated carbocycles. The molecule has 1 aliphatic carbocycles. The van der Waals surface area contributed by atoms with Crippen molar-refractivity contribution in [2.45, 2.75) is 24.9 Å². The Morgan fingerprint density at radius 2 is 2.05 bits per heavy atom. The number of rotatable bonds is 3. The SMILES string of the molecule is OC(Cc1ccc(F)c(Br)c1)C1Cc2ccccc21. The Morgan fingerprint density at radius 1 is 1.26 bits per heavy atom. The second kappa shape index (κ2) is 5.06. The molecule has 3 heteroatoms. The Hall–Kier alpha value is -1.19. The average molecular weight is 321 g/mol. The van der Waals surface area contributed by atoms with Gasteiger partial charge in [-0.25, -0.2) is 4.39 Å². The number of hydrogen-bond acceptors (Lipinski definition) is 1. The number of hydrogen-bond donors (Lipinski definition) is 1. The predicted octanol–water partition coefficient (Wildman–Crippen LogP) is 3.83. The van der Waals surface area contributed by atoms with Crippen molar-refractivity contribution >= 4 is 15.9 Å². The Morgan fingerprint density at radius 3 is 2.79 bits per heavy atom. The summed E-state index contributed by atoms with van der Waals surface area (Å²) < 4.78 is 13.6. The third kappa shape index (κ3) is 2.45. The summed E-state index contributed by atoms with van der Waals surface area (Å²) in [6, 6.07) is 13.1. The molecule has 0 fully saturated rings. The van der Waals surface area contributed by atoms with Crippen LogP contribution in [0, 0.1) is 5.82 Å². The molecule has 3 rings (SSSR count). The van der Waals surface area contributed by atoms with Crippen LogP contribution < -0.4 is 0 Å². The highest BCUT2D eigenvalue weighted by atomic mass is 79.9. The first-order valence-corrected chi connectivity index (χ1v) is 7.14. The molecule has 0 spiro atoms. The molecule has 98 valence electrons. The molecule has 0 saturated heterocycles. The van der Waals surface area contributed by atoms with Crippen molar-refractivity contribution in [3.05, 3.63) is 69.4 Å². The van der Waals surface area contributed by atoms with Crippen LogP contribution in [0.2, 0.25) is 0 Å². The third-order valence-electron chi connectivity index (χ3n) is 3.79. The molecular weight excluding hydrogens is 307 g/mol. The lowest BCUT2D eigenvalue weighted by Gasteiger charge is -2.34. The molecule has 0 bridgehead atoms. The zero-order valence-corrected chi connectivity index (χ0v) is 11.9. The quantitative estimate of drug-likeness (QED) is 0.911. The number of fused-ring (bicyclic) bond motifs is 1. The lowest BCUT2D eigenvalue weighted by Crippen LogP contribution is -2.30. The van der Waals surface area contributed by atoms with E-state index in [0.29, 0.717) is 10.9 Å². The second-order valence-electron chi connectivity index (χ2n) is 5.03. The van der Waals surface area contributed by atoms with Crippen molar-refractivity contribution in [1.82, 2.24) is 0 Å². The number of aliphatic hydroxyl groups excluding tert-OH is 1. The summed E-state index contributed by atoms with van der Waals surface area (Å²) >= 11 is 3.17. The molecule has 2 unspecified atom stereocenters. The van der Waals surface area contributed by atoms with Crippen molar-refractivity contribution in [2.75, 3.05) is 0 Å². The van der Waals surface area contributed by atoms with Gasteiger partial charge in [-0.05, 0) is 57.6 Å². The third-order valence-corrected chi connectivity index (χ3v) is 4.40. The Labute approximate surface area is 120 Å². The van der Waals surface area contributed by atoms with E-state index in [1.807, 2.05) is 12.1 Å². The standard InChI is InChI=1S/C16H14BrFO/c17-14-7-10(5-6-15(14)18)8-16(19)13-9-11-3-1-2-4-12(11)13/h1-7,13,16,19H,8-9H2. The molecule has 0 radical (unpaired) electrons. The first-order chi connectivity index (χ1) is 9.15. The van der Waals surface area contributed by atoms with Crippen LogP contribution in [-0.4, -0.2) is 11.2 Å². The van der Waals surface area contributed by atoms with E-state index in [4.69, 9.17) is 0 Å². The second-order valence-corrected chi connectivity index (χ2v) is 5.88. The summed E-state index contributed by atoms with van der Waals surface area (Å²) in [5, 5.41) is 10.3. The number of halogens is 2. The van der Waals surface area contributed by atoms with E-state index < -0.39 is 6.10 Å². The monoisotopic (exact) mass is 320 g/mol. The Bertz CT molecular complexity index is 611. The van der Waals surface area contributed by atoms with Gasteiger partial charge in [0, 0.05) is 5.92 Å². The van der Waals surface area contributed by atoms with Crippen LogP contribution in [0.25, 0.3) is 0 Å². The van der Waals surface area contributed by atoms with Gasteiger partial charge in [-0.15, -0.1) is 0 Å². The van der Waals surface area contributed by atoms with Gasteiger partial charge < -0.3 is 5.11 Å². The maximum absolute atomic E-state index is 13.2. The lowest BCUT2D eigenvalue weighted by molar-refractivity contribution is 0.133. The van der Waals surface area contributed by atoms with Gasteiger partial charge in [-0.2, -0.15) is 0 Å². The van der Waals surface area contributed by atoms with E-state index in [2.05, 4.69) is 28.1 Å². The van der Waals surface area contributed by atoms with Crippen molar-refractivity contribution in [2.24, 2.45) is 0 Å². The molecule has 2 aromatic carbocycles. The normalized spacial score (nSPS) is 18.6. The van der Waals surface area contributed by atoms with Gasteiger partial charge in [-0.1, -0.05) is 30.3 Å². The van der Waals surface area contributed by atoms with Crippen LogP contribution in [0.15, 0.2) is 46.9 Å². The van der Waals surface area contributed by atoms with Crippen molar-refractivity contribution in [1.29, 1.82) is 0 Å². The van der Waals surface area contributed by atoms with Gasteiger partial charge in [0.2, 0.25) is 0 Å². The van der Waals surface area contributed by atoms with E-state index in [1.54, 1.807) is 12.1 Å². The molecule has 1 nitrogen and oxygen atoms in total. The van der Waals surface area contributed by atoms with Crippen LogP contribution in [0.5, 0.6) is 0 Å².